The predicted molar refractivity (Wildman–Crippen MR) is 110 cm³/mol. The van der Waals surface area contributed by atoms with E-state index in [-0.39, 0.29) is 17.3 Å². The summed E-state index contributed by atoms with van der Waals surface area (Å²) in [4.78, 5) is 20.3. The molecule has 2 aromatic carbocycles. The van der Waals surface area contributed by atoms with Gasteiger partial charge in [-0.3, -0.25) is 4.79 Å². The molecule has 1 saturated heterocycles. The largest absolute Gasteiger partial charge is 0.377 e. The van der Waals surface area contributed by atoms with Crippen LogP contribution in [0.2, 0.25) is 0 Å². The molecular weight excluding hydrogens is 434 g/mol. The average Bonchev–Trinajstić information content (AvgIpc) is 3.55. The van der Waals surface area contributed by atoms with E-state index in [0.717, 1.165) is 28.1 Å². The smallest absolute Gasteiger partial charge is 0.256 e. The van der Waals surface area contributed by atoms with Crippen molar-refractivity contribution in [2.45, 2.75) is 12.5 Å². The lowest BCUT2D eigenvalue weighted by Gasteiger charge is -2.36. The van der Waals surface area contributed by atoms with Crippen LogP contribution in [0, 0.1) is 11.6 Å². The maximum atomic E-state index is 14.1. The van der Waals surface area contributed by atoms with Gasteiger partial charge in [0, 0.05) is 18.2 Å². The summed E-state index contributed by atoms with van der Waals surface area (Å²) in [6.07, 6.45) is 4.52. The summed E-state index contributed by atoms with van der Waals surface area (Å²) >= 11 is 0. The highest BCUT2D eigenvalue weighted by atomic mass is 19.2. The van der Waals surface area contributed by atoms with Gasteiger partial charge in [-0.2, -0.15) is 20.0 Å². The lowest BCUT2D eigenvalue weighted by atomic mass is 10.0. The fourth-order valence-electron chi connectivity index (χ4n) is 3.87. The van der Waals surface area contributed by atoms with Crippen molar-refractivity contribution in [3.63, 3.8) is 0 Å². The molecule has 1 unspecified atom stereocenters. The molecule has 0 spiro atoms. The molecule has 1 amide bonds. The van der Waals surface area contributed by atoms with Gasteiger partial charge in [0.25, 0.3) is 5.91 Å². The second-order valence-corrected chi connectivity index (χ2v) is 7.49. The SMILES string of the molecule is O=C(c1cc(F)c(F)cc1-n1nccn1)N1CCOCC1Cc1cccc(-c2ncon2)c1. The molecule has 3 heterocycles. The van der Waals surface area contributed by atoms with Crippen molar-refractivity contribution in [1.82, 2.24) is 30.0 Å². The monoisotopic (exact) mass is 452 g/mol. The van der Waals surface area contributed by atoms with E-state index in [1.54, 1.807) is 4.90 Å². The fourth-order valence-corrected chi connectivity index (χ4v) is 3.87. The number of amides is 1. The molecule has 168 valence electrons. The van der Waals surface area contributed by atoms with E-state index in [0.29, 0.717) is 32.0 Å². The summed E-state index contributed by atoms with van der Waals surface area (Å²) in [5.41, 5.74) is 1.75. The van der Waals surface area contributed by atoms with Gasteiger partial charge in [-0.1, -0.05) is 23.4 Å². The predicted octanol–water partition coefficient (Wildman–Crippen LogP) is 2.68. The number of halogens is 2. The molecule has 0 aliphatic carbocycles. The normalized spacial score (nSPS) is 16.2. The maximum absolute atomic E-state index is 14.1. The van der Waals surface area contributed by atoms with Crippen LogP contribution in [0.5, 0.6) is 0 Å². The molecule has 2 aromatic heterocycles. The topological polar surface area (TPSA) is 99.2 Å². The second-order valence-electron chi connectivity index (χ2n) is 7.49. The van der Waals surface area contributed by atoms with Crippen molar-refractivity contribution in [3.05, 3.63) is 77.9 Å². The number of hydrogen-bond donors (Lipinski definition) is 0. The van der Waals surface area contributed by atoms with Crippen LogP contribution >= 0.6 is 0 Å². The molecule has 0 radical (unpaired) electrons. The Labute approximate surface area is 186 Å². The summed E-state index contributed by atoms with van der Waals surface area (Å²) in [6, 6.07) is 9.06. The minimum atomic E-state index is -1.12. The first kappa shape index (κ1) is 20.9. The van der Waals surface area contributed by atoms with Gasteiger partial charge in [0.1, 0.15) is 5.69 Å². The number of carbonyl (C=O) groups is 1. The van der Waals surface area contributed by atoms with Gasteiger partial charge >= 0.3 is 0 Å². The average molecular weight is 452 g/mol. The van der Waals surface area contributed by atoms with Gasteiger partial charge in [-0.05, 0) is 24.1 Å². The Balaban J connectivity index is 1.45. The number of nitrogens with zero attached hydrogens (tertiary/aromatic N) is 6. The molecule has 0 N–H and O–H groups in total. The third-order valence-corrected chi connectivity index (χ3v) is 5.41. The van der Waals surface area contributed by atoms with E-state index in [4.69, 9.17) is 9.26 Å². The maximum Gasteiger partial charge on any atom is 0.256 e. The highest BCUT2D eigenvalue weighted by Crippen LogP contribution is 2.24. The van der Waals surface area contributed by atoms with Crippen molar-refractivity contribution in [2.24, 2.45) is 0 Å². The standard InChI is InChI=1S/C22H18F2N6O3/c23-18-10-17(20(11-19(18)24)30-26-4-5-27-30)22(31)29-6-7-32-12-16(29)9-14-2-1-3-15(8-14)21-25-13-33-28-21/h1-5,8,10-11,13,16H,6-7,9,12H2. The van der Waals surface area contributed by atoms with Crippen molar-refractivity contribution < 1.29 is 22.8 Å². The Morgan fingerprint density at radius 2 is 1.94 bits per heavy atom. The molecule has 1 fully saturated rings. The van der Waals surface area contributed by atoms with E-state index in [1.807, 2.05) is 24.3 Å². The minimum absolute atomic E-state index is 0.0300. The fraction of sp³-hybridized carbons (Fsp3) is 0.227. The number of rotatable bonds is 5. The lowest BCUT2D eigenvalue weighted by Crippen LogP contribution is -2.50. The highest BCUT2D eigenvalue weighted by Gasteiger charge is 2.31. The van der Waals surface area contributed by atoms with Crippen LogP contribution in [-0.2, 0) is 11.2 Å². The summed E-state index contributed by atoms with van der Waals surface area (Å²) < 4.78 is 38.5. The van der Waals surface area contributed by atoms with Gasteiger partial charge in [0.2, 0.25) is 12.2 Å². The number of ether oxygens (including phenoxy) is 1. The molecule has 0 saturated carbocycles. The van der Waals surface area contributed by atoms with E-state index >= 15 is 0 Å². The third-order valence-electron chi connectivity index (χ3n) is 5.41. The first-order valence-electron chi connectivity index (χ1n) is 10.2. The molecule has 9 nitrogen and oxygen atoms in total. The van der Waals surface area contributed by atoms with E-state index in [1.165, 1.54) is 18.8 Å². The van der Waals surface area contributed by atoms with Crippen LogP contribution in [0.15, 0.2) is 59.7 Å². The molecule has 4 aromatic rings. The summed E-state index contributed by atoms with van der Waals surface area (Å²) in [5, 5.41) is 11.8. The van der Waals surface area contributed by atoms with Crippen molar-refractivity contribution in [2.75, 3.05) is 19.8 Å². The van der Waals surface area contributed by atoms with Crippen LogP contribution in [0.1, 0.15) is 15.9 Å². The van der Waals surface area contributed by atoms with Crippen LogP contribution < -0.4 is 0 Å². The summed E-state index contributed by atoms with van der Waals surface area (Å²) in [5.74, 6) is -2.20. The number of benzene rings is 2. The number of hydrogen-bond acceptors (Lipinski definition) is 7. The van der Waals surface area contributed by atoms with Crippen LogP contribution in [0.4, 0.5) is 8.78 Å². The molecular formula is C22H18F2N6O3. The Kier molecular flexibility index (Phi) is 5.61. The molecule has 11 heteroatoms. The number of morpholine rings is 1. The van der Waals surface area contributed by atoms with Gasteiger partial charge in [0.15, 0.2) is 11.6 Å². The van der Waals surface area contributed by atoms with E-state index in [9.17, 15) is 13.6 Å². The van der Waals surface area contributed by atoms with E-state index in [2.05, 4.69) is 20.3 Å². The molecule has 1 aliphatic heterocycles. The number of carbonyl (C=O) groups excluding carboxylic acids is 1. The molecule has 5 rings (SSSR count). The first-order chi connectivity index (χ1) is 16.1. The van der Waals surface area contributed by atoms with Crippen molar-refractivity contribution >= 4 is 5.91 Å². The zero-order chi connectivity index (χ0) is 22.8. The van der Waals surface area contributed by atoms with Gasteiger partial charge < -0.3 is 14.2 Å². The lowest BCUT2D eigenvalue weighted by molar-refractivity contribution is -0.00167. The minimum Gasteiger partial charge on any atom is -0.377 e. The van der Waals surface area contributed by atoms with Crippen LogP contribution in [-0.4, -0.2) is 61.7 Å². The Bertz CT molecular complexity index is 1260. The van der Waals surface area contributed by atoms with Crippen LogP contribution in [0.3, 0.4) is 0 Å². The molecule has 1 aliphatic rings. The number of aromatic nitrogens is 5. The Morgan fingerprint density at radius 3 is 2.73 bits per heavy atom. The Morgan fingerprint density at radius 1 is 1.12 bits per heavy atom. The summed E-state index contributed by atoms with van der Waals surface area (Å²) in [7, 11) is 0. The quantitative estimate of drug-likeness (QED) is 0.459. The third kappa shape index (κ3) is 4.22. The molecule has 0 bridgehead atoms. The van der Waals surface area contributed by atoms with Gasteiger partial charge in [0.05, 0.1) is 37.2 Å². The molecule has 33 heavy (non-hydrogen) atoms. The highest BCUT2D eigenvalue weighted by molar-refractivity contribution is 5.98. The van der Waals surface area contributed by atoms with Gasteiger partial charge in [-0.15, -0.1) is 0 Å². The second kappa shape index (κ2) is 8.87. The zero-order valence-electron chi connectivity index (χ0n) is 17.3. The summed E-state index contributed by atoms with van der Waals surface area (Å²) in [6.45, 7) is 0.945. The van der Waals surface area contributed by atoms with Crippen LogP contribution in [0.25, 0.3) is 17.1 Å². The Hall–Kier alpha value is -3.99. The van der Waals surface area contributed by atoms with E-state index < -0.39 is 17.5 Å². The molecule has 1 atom stereocenters. The van der Waals surface area contributed by atoms with Crippen molar-refractivity contribution in [3.8, 4) is 17.1 Å². The zero-order valence-corrected chi connectivity index (χ0v) is 17.3. The first-order valence-corrected chi connectivity index (χ1v) is 10.2. The van der Waals surface area contributed by atoms with Gasteiger partial charge in [-0.25, -0.2) is 8.78 Å². The van der Waals surface area contributed by atoms with Crippen molar-refractivity contribution in [1.29, 1.82) is 0 Å².